The van der Waals surface area contributed by atoms with E-state index in [4.69, 9.17) is 9.47 Å². The molecule has 1 aliphatic rings. The molecule has 1 aliphatic heterocycles. The highest BCUT2D eigenvalue weighted by atomic mass is 32.1. The number of amides is 1. The Morgan fingerprint density at radius 3 is 3.05 bits per heavy atom. The van der Waals surface area contributed by atoms with Crippen molar-refractivity contribution in [2.75, 3.05) is 19.8 Å². The zero-order chi connectivity index (χ0) is 14.2. The van der Waals surface area contributed by atoms with Crippen LogP contribution in [0.4, 0.5) is 0 Å². The number of esters is 1. The average molecular weight is 297 g/mol. The third-order valence-electron chi connectivity index (χ3n) is 3.10. The Morgan fingerprint density at radius 2 is 2.35 bits per heavy atom. The van der Waals surface area contributed by atoms with Gasteiger partial charge in [-0.2, -0.15) is 11.3 Å². The molecule has 1 unspecified atom stereocenters. The lowest BCUT2D eigenvalue weighted by atomic mass is 10.1. The first kappa shape index (κ1) is 15.0. The van der Waals surface area contributed by atoms with E-state index in [2.05, 4.69) is 5.32 Å². The van der Waals surface area contributed by atoms with E-state index in [9.17, 15) is 9.59 Å². The van der Waals surface area contributed by atoms with Gasteiger partial charge < -0.3 is 14.8 Å². The molecule has 0 spiro atoms. The van der Waals surface area contributed by atoms with Crippen LogP contribution in [0.1, 0.15) is 36.0 Å². The maximum atomic E-state index is 11.6. The minimum atomic E-state index is -0.301. The number of thiophene rings is 1. The third kappa shape index (κ3) is 4.94. The van der Waals surface area contributed by atoms with Crippen molar-refractivity contribution in [3.05, 3.63) is 22.4 Å². The van der Waals surface area contributed by atoms with Crippen LogP contribution < -0.4 is 5.32 Å². The van der Waals surface area contributed by atoms with E-state index >= 15 is 0 Å². The van der Waals surface area contributed by atoms with Crippen molar-refractivity contribution in [1.82, 2.24) is 5.32 Å². The van der Waals surface area contributed by atoms with Gasteiger partial charge in [0.25, 0.3) is 5.91 Å². The summed E-state index contributed by atoms with van der Waals surface area (Å²) < 4.78 is 10.6. The van der Waals surface area contributed by atoms with E-state index in [1.807, 2.05) is 5.38 Å². The molecule has 1 aromatic heterocycles. The van der Waals surface area contributed by atoms with Crippen molar-refractivity contribution in [2.24, 2.45) is 0 Å². The summed E-state index contributed by atoms with van der Waals surface area (Å²) in [4.78, 5) is 23.1. The Bertz CT molecular complexity index is 426. The second-order valence-electron chi connectivity index (χ2n) is 4.69. The molecule has 2 heterocycles. The summed E-state index contributed by atoms with van der Waals surface area (Å²) in [7, 11) is 0. The van der Waals surface area contributed by atoms with Gasteiger partial charge >= 0.3 is 5.97 Å². The molecule has 0 radical (unpaired) electrons. The van der Waals surface area contributed by atoms with Crippen LogP contribution in [0, 0.1) is 0 Å². The van der Waals surface area contributed by atoms with Crippen LogP contribution >= 0.6 is 11.3 Å². The smallest absolute Gasteiger partial charge is 0.307 e. The van der Waals surface area contributed by atoms with Gasteiger partial charge in [0.2, 0.25) is 0 Å². The Labute approximate surface area is 122 Å². The van der Waals surface area contributed by atoms with Crippen molar-refractivity contribution in [2.45, 2.75) is 31.8 Å². The highest BCUT2D eigenvalue weighted by Gasteiger charge is 2.16. The van der Waals surface area contributed by atoms with Gasteiger partial charge in [0.1, 0.15) is 6.61 Å². The van der Waals surface area contributed by atoms with E-state index in [0.717, 1.165) is 25.9 Å². The zero-order valence-electron chi connectivity index (χ0n) is 11.3. The van der Waals surface area contributed by atoms with Gasteiger partial charge in [0.05, 0.1) is 12.5 Å². The van der Waals surface area contributed by atoms with Crippen molar-refractivity contribution in [3.63, 3.8) is 0 Å². The number of hydrogen-bond donors (Lipinski definition) is 1. The lowest BCUT2D eigenvalue weighted by molar-refractivity contribution is -0.148. The van der Waals surface area contributed by atoms with Gasteiger partial charge in [-0.1, -0.05) is 0 Å². The molecule has 110 valence electrons. The van der Waals surface area contributed by atoms with Crippen molar-refractivity contribution in [1.29, 1.82) is 0 Å². The number of carbonyl (C=O) groups is 2. The molecule has 0 aliphatic carbocycles. The van der Waals surface area contributed by atoms with E-state index in [-0.39, 0.29) is 24.4 Å². The number of ether oxygens (including phenoxy) is 2. The molecule has 1 fully saturated rings. The maximum absolute atomic E-state index is 11.6. The summed E-state index contributed by atoms with van der Waals surface area (Å²) in [6.07, 6.45) is 3.37. The number of nitrogens with one attached hydrogen (secondary N) is 1. The molecule has 0 aromatic carbocycles. The molecule has 1 amide bonds. The summed E-state index contributed by atoms with van der Waals surface area (Å²) in [5.41, 5.74) is 0.624. The largest absolute Gasteiger partial charge is 0.463 e. The van der Waals surface area contributed by atoms with Crippen molar-refractivity contribution in [3.8, 4) is 0 Å². The first-order valence-corrected chi connectivity index (χ1v) is 7.77. The molecule has 20 heavy (non-hydrogen) atoms. The maximum Gasteiger partial charge on any atom is 0.307 e. The van der Waals surface area contributed by atoms with Gasteiger partial charge in [0.15, 0.2) is 0 Å². The fourth-order valence-electron chi connectivity index (χ4n) is 1.97. The minimum Gasteiger partial charge on any atom is -0.463 e. The second-order valence-corrected chi connectivity index (χ2v) is 5.47. The van der Waals surface area contributed by atoms with Gasteiger partial charge in [-0.15, -0.1) is 0 Å². The SMILES string of the molecule is O=C(CCNC(=O)c1ccsc1)OCC1CCCCO1. The summed E-state index contributed by atoms with van der Waals surface area (Å²) in [5.74, 6) is -0.459. The zero-order valence-corrected chi connectivity index (χ0v) is 12.1. The molecule has 0 bridgehead atoms. The third-order valence-corrected chi connectivity index (χ3v) is 3.79. The van der Waals surface area contributed by atoms with Gasteiger partial charge in [-0.3, -0.25) is 9.59 Å². The van der Waals surface area contributed by atoms with Crippen LogP contribution in [-0.2, 0) is 14.3 Å². The van der Waals surface area contributed by atoms with Gasteiger partial charge in [0, 0.05) is 24.1 Å². The number of hydrogen-bond acceptors (Lipinski definition) is 5. The van der Waals surface area contributed by atoms with Crippen LogP contribution in [0.5, 0.6) is 0 Å². The number of carbonyl (C=O) groups excluding carboxylic acids is 2. The minimum absolute atomic E-state index is 0.0353. The predicted octanol–water partition coefficient (Wildman–Crippen LogP) is 1.98. The van der Waals surface area contributed by atoms with E-state index in [0.29, 0.717) is 18.7 Å². The molecule has 2 rings (SSSR count). The fraction of sp³-hybridized carbons (Fsp3) is 0.571. The molecule has 1 aromatic rings. The average Bonchev–Trinajstić information content (AvgIpc) is 3.00. The van der Waals surface area contributed by atoms with Crippen LogP contribution in [0.3, 0.4) is 0 Å². The standard InChI is InChI=1S/C14H19NO4S/c16-13(19-9-12-3-1-2-7-18-12)4-6-15-14(17)11-5-8-20-10-11/h5,8,10,12H,1-4,6-7,9H2,(H,15,17). The lowest BCUT2D eigenvalue weighted by Crippen LogP contribution is -2.28. The quantitative estimate of drug-likeness (QED) is 0.815. The Morgan fingerprint density at radius 1 is 1.45 bits per heavy atom. The van der Waals surface area contributed by atoms with E-state index in [1.165, 1.54) is 11.3 Å². The molecule has 6 heteroatoms. The normalized spacial score (nSPS) is 18.5. The summed E-state index contributed by atoms with van der Waals surface area (Å²) in [5, 5.41) is 6.30. The van der Waals surface area contributed by atoms with Crippen molar-refractivity contribution >= 4 is 23.2 Å². The monoisotopic (exact) mass is 297 g/mol. The Balaban J connectivity index is 1.57. The van der Waals surface area contributed by atoms with Crippen molar-refractivity contribution < 1.29 is 19.1 Å². The lowest BCUT2D eigenvalue weighted by Gasteiger charge is -2.22. The van der Waals surface area contributed by atoms with Crippen LogP contribution in [0.25, 0.3) is 0 Å². The first-order chi connectivity index (χ1) is 9.75. The molecule has 1 atom stereocenters. The Hall–Kier alpha value is -1.40. The van der Waals surface area contributed by atoms with Crippen LogP contribution in [0.2, 0.25) is 0 Å². The molecule has 1 N–H and O–H groups in total. The molecule has 5 nitrogen and oxygen atoms in total. The molecule has 1 saturated heterocycles. The summed E-state index contributed by atoms with van der Waals surface area (Å²) in [6, 6.07) is 1.75. The first-order valence-electron chi connectivity index (χ1n) is 6.83. The molecule has 0 saturated carbocycles. The summed E-state index contributed by atoms with van der Waals surface area (Å²) in [6.45, 7) is 1.36. The second kappa shape index (κ2) is 8.01. The number of rotatable bonds is 6. The van der Waals surface area contributed by atoms with Crippen LogP contribution in [0.15, 0.2) is 16.8 Å². The molecular weight excluding hydrogens is 278 g/mol. The predicted molar refractivity (Wildman–Crippen MR) is 75.8 cm³/mol. The van der Waals surface area contributed by atoms with Crippen LogP contribution in [-0.4, -0.2) is 37.7 Å². The van der Waals surface area contributed by atoms with Gasteiger partial charge in [-0.25, -0.2) is 0 Å². The van der Waals surface area contributed by atoms with E-state index in [1.54, 1.807) is 11.4 Å². The topological polar surface area (TPSA) is 64.6 Å². The molecular formula is C14H19NO4S. The summed E-state index contributed by atoms with van der Waals surface area (Å²) >= 11 is 1.47. The fourth-order valence-corrected chi connectivity index (χ4v) is 2.61. The van der Waals surface area contributed by atoms with Gasteiger partial charge in [-0.05, 0) is 30.7 Å². The highest BCUT2D eigenvalue weighted by molar-refractivity contribution is 7.08. The Kier molecular flexibility index (Phi) is 6.01. The van der Waals surface area contributed by atoms with E-state index < -0.39 is 0 Å². The highest BCUT2D eigenvalue weighted by Crippen LogP contribution is 2.12.